The normalized spacial score (nSPS) is 10.4. The summed E-state index contributed by atoms with van der Waals surface area (Å²) in [6.45, 7) is 8.01. The van der Waals surface area contributed by atoms with Crippen molar-refractivity contribution in [1.29, 1.82) is 0 Å². The molecule has 170 valence electrons. The van der Waals surface area contributed by atoms with Gasteiger partial charge < -0.3 is 20.8 Å². The second-order valence-electron chi connectivity index (χ2n) is 8.43. The van der Waals surface area contributed by atoms with E-state index in [1.807, 2.05) is 88.4 Å². The van der Waals surface area contributed by atoms with Crippen LogP contribution in [0.4, 0.5) is 11.4 Å². The Morgan fingerprint density at radius 1 is 0.471 bits per heavy atom. The van der Waals surface area contributed by atoms with Crippen LogP contribution in [0.5, 0.6) is 11.5 Å². The number of phenols is 2. The predicted octanol–water partition coefficient (Wildman–Crippen LogP) is 7.11. The lowest BCUT2D eigenvalue weighted by atomic mass is 9.94. The Labute approximate surface area is 200 Å². The van der Waals surface area contributed by atoms with Crippen LogP contribution in [0.25, 0.3) is 22.3 Å². The van der Waals surface area contributed by atoms with Crippen LogP contribution in [0, 0.1) is 39.8 Å². The van der Waals surface area contributed by atoms with Crippen LogP contribution >= 0.6 is 0 Å². The van der Waals surface area contributed by atoms with Crippen molar-refractivity contribution < 1.29 is 10.2 Å². The number of benzene rings is 4. The first-order chi connectivity index (χ1) is 16.4. The Bertz CT molecular complexity index is 1280. The van der Waals surface area contributed by atoms with E-state index in [4.69, 9.17) is 0 Å². The highest BCUT2D eigenvalue weighted by atomic mass is 16.3. The first-order valence-corrected chi connectivity index (χ1v) is 11.2. The van der Waals surface area contributed by atoms with Gasteiger partial charge >= 0.3 is 0 Å². The van der Waals surface area contributed by atoms with Crippen LogP contribution in [0.1, 0.15) is 22.3 Å². The van der Waals surface area contributed by atoms with Crippen LogP contribution in [-0.4, -0.2) is 10.2 Å². The van der Waals surface area contributed by atoms with Gasteiger partial charge in [-0.3, -0.25) is 0 Å². The summed E-state index contributed by atoms with van der Waals surface area (Å²) in [6.07, 6.45) is 0. The van der Waals surface area contributed by atoms with Gasteiger partial charge in [0.05, 0.1) is 11.4 Å². The number of aryl methyl sites for hydroxylation is 4. The van der Waals surface area contributed by atoms with Gasteiger partial charge in [0.15, 0.2) is 0 Å². The minimum atomic E-state index is 0.242. The second kappa shape index (κ2) is 9.64. The fourth-order valence-corrected chi connectivity index (χ4v) is 4.36. The van der Waals surface area contributed by atoms with Crippen molar-refractivity contribution in [3.63, 3.8) is 0 Å². The van der Waals surface area contributed by atoms with E-state index >= 15 is 0 Å². The van der Waals surface area contributed by atoms with E-state index in [0.717, 1.165) is 55.9 Å². The minimum absolute atomic E-state index is 0.242. The molecule has 4 N–H and O–H groups in total. The Hall–Kier alpha value is -4.36. The zero-order chi connectivity index (χ0) is 24.2. The number of phenolic OH excluding ortho intramolecular Hbond substituents is 2. The van der Waals surface area contributed by atoms with E-state index in [0.29, 0.717) is 0 Å². The first-order valence-electron chi connectivity index (χ1n) is 11.2. The summed E-state index contributed by atoms with van der Waals surface area (Å²) >= 11 is 0. The van der Waals surface area contributed by atoms with Crippen LogP contribution in [0.2, 0.25) is 0 Å². The zero-order valence-electron chi connectivity index (χ0n) is 19.8. The molecule has 0 aromatic heterocycles. The standard InChI is InChI=1S/C30H28N2O2/c1-19-9-5-13-23(27(19)29-21(3)11-7-15-25(29)33)31-17-18-32-24-14-6-10-20(2)28(24)30-22(4)12-8-16-26(30)34/h5-16,31-34H,1-4H3. The van der Waals surface area contributed by atoms with Crippen molar-refractivity contribution in [2.75, 3.05) is 10.6 Å². The summed E-state index contributed by atoms with van der Waals surface area (Å²) in [5.41, 5.74) is 9.15. The Kier molecular flexibility index (Phi) is 6.47. The van der Waals surface area contributed by atoms with Crippen LogP contribution in [0.3, 0.4) is 0 Å². The molecule has 0 aliphatic rings. The fraction of sp³-hybridized carbons (Fsp3) is 0.133. The lowest BCUT2D eigenvalue weighted by Gasteiger charge is -2.16. The summed E-state index contributed by atoms with van der Waals surface area (Å²) in [5, 5.41) is 27.4. The second-order valence-corrected chi connectivity index (χ2v) is 8.43. The van der Waals surface area contributed by atoms with Gasteiger partial charge in [-0.1, -0.05) is 48.5 Å². The molecule has 0 spiro atoms. The highest BCUT2D eigenvalue weighted by molar-refractivity contribution is 5.88. The molecule has 0 aliphatic heterocycles. The average molecular weight is 449 g/mol. The molecule has 0 amide bonds. The first kappa shape index (κ1) is 22.8. The van der Waals surface area contributed by atoms with Gasteiger partial charge in [0.1, 0.15) is 11.5 Å². The molecule has 4 aromatic rings. The molecular formula is C30H28N2O2. The van der Waals surface area contributed by atoms with E-state index in [2.05, 4.69) is 22.7 Å². The van der Waals surface area contributed by atoms with Gasteiger partial charge in [0.2, 0.25) is 0 Å². The molecule has 4 rings (SSSR count). The maximum absolute atomic E-state index is 10.5. The quantitative estimate of drug-likeness (QED) is 0.198. The SMILES string of the molecule is Cc1cccc(O)c1-c1c(C)cccc1NC#CNc1cccc(C)c1-c1c(C)cccc1O. The van der Waals surface area contributed by atoms with Gasteiger partial charge in [-0.05, 0) is 74.2 Å². The van der Waals surface area contributed by atoms with Crippen molar-refractivity contribution in [1.82, 2.24) is 0 Å². The summed E-state index contributed by atoms with van der Waals surface area (Å²) in [7, 11) is 0. The lowest BCUT2D eigenvalue weighted by Crippen LogP contribution is -1.99. The van der Waals surface area contributed by atoms with Crippen LogP contribution in [0.15, 0.2) is 72.8 Å². The number of nitrogens with one attached hydrogen (secondary N) is 2. The minimum Gasteiger partial charge on any atom is -0.507 e. The molecule has 0 saturated carbocycles. The fourth-order valence-electron chi connectivity index (χ4n) is 4.36. The number of rotatable bonds is 4. The lowest BCUT2D eigenvalue weighted by molar-refractivity contribution is 0.476. The third-order valence-electron chi connectivity index (χ3n) is 6.00. The molecule has 4 heteroatoms. The maximum Gasteiger partial charge on any atom is 0.123 e. The molecule has 0 radical (unpaired) electrons. The molecule has 4 aromatic carbocycles. The molecular weight excluding hydrogens is 420 g/mol. The smallest absolute Gasteiger partial charge is 0.123 e. The van der Waals surface area contributed by atoms with Crippen molar-refractivity contribution >= 4 is 11.4 Å². The van der Waals surface area contributed by atoms with E-state index in [-0.39, 0.29) is 11.5 Å². The Balaban J connectivity index is 1.67. The Morgan fingerprint density at radius 3 is 1.15 bits per heavy atom. The van der Waals surface area contributed by atoms with E-state index < -0.39 is 0 Å². The average Bonchev–Trinajstić information content (AvgIpc) is 2.79. The van der Waals surface area contributed by atoms with E-state index in [1.54, 1.807) is 12.1 Å². The highest BCUT2D eigenvalue weighted by Crippen LogP contribution is 2.40. The van der Waals surface area contributed by atoms with Crippen molar-refractivity contribution in [3.05, 3.63) is 95.1 Å². The van der Waals surface area contributed by atoms with Crippen molar-refractivity contribution in [2.24, 2.45) is 0 Å². The molecule has 4 nitrogen and oxygen atoms in total. The van der Waals surface area contributed by atoms with Gasteiger partial charge in [0.25, 0.3) is 0 Å². The summed E-state index contributed by atoms with van der Waals surface area (Å²) in [6, 6.07) is 28.9. The number of hydrogen-bond donors (Lipinski definition) is 4. The highest BCUT2D eigenvalue weighted by Gasteiger charge is 2.15. The largest absolute Gasteiger partial charge is 0.507 e. The number of anilines is 2. The van der Waals surface area contributed by atoms with Gasteiger partial charge in [-0.2, -0.15) is 0 Å². The van der Waals surface area contributed by atoms with Crippen LogP contribution < -0.4 is 10.6 Å². The van der Waals surface area contributed by atoms with Gasteiger partial charge in [0, 0.05) is 34.3 Å². The monoisotopic (exact) mass is 448 g/mol. The summed E-state index contributed by atoms with van der Waals surface area (Å²) < 4.78 is 0. The van der Waals surface area contributed by atoms with Gasteiger partial charge in [-0.25, -0.2) is 0 Å². The summed E-state index contributed by atoms with van der Waals surface area (Å²) in [5.74, 6) is 0.483. The number of aromatic hydroxyl groups is 2. The van der Waals surface area contributed by atoms with Gasteiger partial charge in [-0.15, -0.1) is 0 Å². The molecule has 0 fully saturated rings. The van der Waals surface area contributed by atoms with Crippen LogP contribution in [-0.2, 0) is 0 Å². The predicted molar refractivity (Wildman–Crippen MR) is 141 cm³/mol. The molecule has 0 saturated heterocycles. The third-order valence-corrected chi connectivity index (χ3v) is 6.00. The molecule has 0 atom stereocenters. The Morgan fingerprint density at radius 2 is 0.794 bits per heavy atom. The topological polar surface area (TPSA) is 64.5 Å². The third kappa shape index (κ3) is 4.42. The van der Waals surface area contributed by atoms with Crippen molar-refractivity contribution in [3.8, 4) is 45.8 Å². The summed E-state index contributed by atoms with van der Waals surface area (Å²) in [4.78, 5) is 0. The number of hydrogen-bond acceptors (Lipinski definition) is 4. The van der Waals surface area contributed by atoms with E-state index in [9.17, 15) is 10.2 Å². The van der Waals surface area contributed by atoms with Crippen molar-refractivity contribution in [2.45, 2.75) is 27.7 Å². The molecule has 0 bridgehead atoms. The molecule has 0 heterocycles. The molecule has 0 unspecified atom stereocenters. The van der Waals surface area contributed by atoms with E-state index in [1.165, 1.54) is 0 Å². The zero-order valence-corrected chi connectivity index (χ0v) is 19.8. The maximum atomic E-state index is 10.5. The molecule has 0 aliphatic carbocycles. The molecule has 34 heavy (non-hydrogen) atoms.